The summed E-state index contributed by atoms with van der Waals surface area (Å²) in [6, 6.07) is 2.18. The Labute approximate surface area is 113 Å². The number of carbonyl (C=O) groups excluding carboxylic acids is 1. The van der Waals surface area contributed by atoms with Gasteiger partial charge in [-0.15, -0.1) is 0 Å². The molecule has 2 bridgehead atoms. The third-order valence-electron chi connectivity index (χ3n) is 4.27. The van der Waals surface area contributed by atoms with Crippen LogP contribution in [0.3, 0.4) is 0 Å². The van der Waals surface area contributed by atoms with Gasteiger partial charge in [0.25, 0.3) is 0 Å². The average molecular weight is 258 g/mol. The summed E-state index contributed by atoms with van der Waals surface area (Å²) in [6.07, 6.45) is 3.97. The molecule has 2 heterocycles. The fourth-order valence-corrected chi connectivity index (χ4v) is 3.31. The highest BCUT2D eigenvalue weighted by Crippen LogP contribution is 2.46. The highest BCUT2D eigenvalue weighted by Gasteiger charge is 2.44. The van der Waals surface area contributed by atoms with E-state index < -0.39 is 0 Å². The standard InChI is InChI=1S/C15H18N2O2/c1-15(2)6-11(18)14-9-4-10(8-16)17(3)13(5-9)19-12(14)7-15/h4,9,13H,5-7H2,1-3H3/t9-,13-/m1/s1. The van der Waals surface area contributed by atoms with Gasteiger partial charge in [-0.1, -0.05) is 13.8 Å². The molecule has 0 aromatic rings. The van der Waals surface area contributed by atoms with Crippen molar-refractivity contribution in [3.63, 3.8) is 0 Å². The van der Waals surface area contributed by atoms with Crippen LogP contribution in [0.25, 0.3) is 0 Å². The molecular weight excluding hydrogens is 240 g/mol. The number of hydrogen-bond acceptors (Lipinski definition) is 4. The van der Waals surface area contributed by atoms with Gasteiger partial charge in [-0.05, 0) is 11.5 Å². The number of ether oxygens (including phenoxy) is 1. The summed E-state index contributed by atoms with van der Waals surface area (Å²) in [5, 5.41) is 9.15. The van der Waals surface area contributed by atoms with Crippen LogP contribution in [0.4, 0.5) is 0 Å². The van der Waals surface area contributed by atoms with Crippen LogP contribution in [0.1, 0.15) is 33.1 Å². The molecule has 4 heteroatoms. The van der Waals surface area contributed by atoms with E-state index in [2.05, 4.69) is 19.9 Å². The summed E-state index contributed by atoms with van der Waals surface area (Å²) >= 11 is 0. The SMILES string of the molecule is CN1C(C#N)=C[C@@H]2C[C@H]1OC1=C2C(=O)CC(C)(C)C1. The molecular formula is C15H18N2O2. The monoisotopic (exact) mass is 258 g/mol. The van der Waals surface area contributed by atoms with Crippen LogP contribution in [0.5, 0.6) is 0 Å². The zero-order chi connectivity index (χ0) is 13.8. The quantitative estimate of drug-likeness (QED) is 0.669. The Morgan fingerprint density at radius 1 is 1.47 bits per heavy atom. The topological polar surface area (TPSA) is 53.3 Å². The number of carbonyl (C=O) groups is 1. The highest BCUT2D eigenvalue weighted by atomic mass is 16.5. The molecule has 2 atom stereocenters. The Hall–Kier alpha value is -1.76. The molecule has 19 heavy (non-hydrogen) atoms. The van der Waals surface area contributed by atoms with Gasteiger partial charge in [0.1, 0.15) is 17.5 Å². The Morgan fingerprint density at radius 3 is 2.89 bits per heavy atom. The van der Waals surface area contributed by atoms with Crippen LogP contribution in [0.15, 0.2) is 23.1 Å². The molecule has 0 aromatic heterocycles. The minimum absolute atomic E-state index is 0.0259. The van der Waals surface area contributed by atoms with Gasteiger partial charge >= 0.3 is 0 Å². The number of allylic oxidation sites excluding steroid dienone is 4. The van der Waals surface area contributed by atoms with Gasteiger partial charge in [0.05, 0.1) is 0 Å². The predicted molar refractivity (Wildman–Crippen MR) is 69.5 cm³/mol. The van der Waals surface area contributed by atoms with E-state index in [1.54, 1.807) is 0 Å². The van der Waals surface area contributed by atoms with Crippen molar-refractivity contribution >= 4 is 5.78 Å². The maximum atomic E-state index is 12.4. The molecule has 1 aliphatic carbocycles. The maximum Gasteiger partial charge on any atom is 0.173 e. The summed E-state index contributed by atoms with van der Waals surface area (Å²) < 4.78 is 6.00. The summed E-state index contributed by atoms with van der Waals surface area (Å²) in [6.45, 7) is 4.20. The Kier molecular flexibility index (Phi) is 2.50. The van der Waals surface area contributed by atoms with E-state index in [0.717, 1.165) is 24.2 Å². The van der Waals surface area contributed by atoms with Gasteiger partial charge in [-0.2, -0.15) is 5.26 Å². The first-order valence-corrected chi connectivity index (χ1v) is 6.69. The first-order chi connectivity index (χ1) is 8.91. The van der Waals surface area contributed by atoms with Gasteiger partial charge in [-0.3, -0.25) is 4.79 Å². The molecule has 100 valence electrons. The predicted octanol–water partition coefficient (Wildman–Crippen LogP) is 2.35. The lowest BCUT2D eigenvalue weighted by molar-refractivity contribution is -0.122. The number of hydrogen-bond donors (Lipinski definition) is 0. The van der Waals surface area contributed by atoms with Gasteiger partial charge in [0.2, 0.25) is 0 Å². The van der Waals surface area contributed by atoms with E-state index in [1.165, 1.54) is 0 Å². The van der Waals surface area contributed by atoms with Crippen molar-refractivity contribution in [1.29, 1.82) is 5.26 Å². The van der Waals surface area contributed by atoms with E-state index in [0.29, 0.717) is 12.1 Å². The molecule has 0 unspecified atom stereocenters. The van der Waals surface area contributed by atoms with Crippen LogP contribution in [0.2, 0.25) is 0 Å². The Balaban J connectivity index is 2.05. The number of rotatable bonds is 0. The van der Waals surface area contributed by atoms with Crippen molar-refractivity contribution in [2.24, 2.45) is 11.3 Å². The van der Waals surface area contributed by atoms with Gasteiger partial charge in [0, 0.05) is 37.8 Å². The average Bonchev–Trinajstić information content (AvgIpc) is 2.31. The fourth-order valence-electron chi connectivity index (χ4n) is 3.31. The molecule has 3 rings (SSSR count). The van der Waals surface area contributed by atoms with Crippen molar-refractivity contribution in [2.45, 2.75) is 39.3 Å². The van der Waals surface area contributed by atoms with Crippen LogP contribution < -0.4 is 0 Å². The first-order valence-electron chi connectivity index (χ1n) is 6.69. The molecule has 0 saturated carbocycles. The molecule has 3 aliphatic rings. The minimum atomic E-state index is -0.106. The zero-order valence-electron chi connectivity index (χ0n) is 11.6. The van der Waals surface area contributed by atoms with Crippen LogP contribution >= 0.6 is 0 Å². The first kappa shape index (κ1) is 12.3. The third kappa shape index (κ3) is 1.85. The van der Waals surface area contributed by atoms with Crippen molar-refractivity contribution in [3.05, 3.63) is 23.1 Å². The van der Waals surface area contributed by atoms with E-state index in [1.807, 2.05) is 18.0 Å². The summed E-state index contributed by atoms with van der Waals surface area (Å²) in [4.78, 5) is 14.2. The summed E-state index contributed by atoms with van der Waals surface area (Å²) in [5.41, 5.74) is 1.39. The minimum Gasteiger partial charge on any atom is -0.474 e. The maximum absolute atomic E-state index is 12.4. The van der Waals surface area contributed by atoms with Crippen molar-refractivity contribution in [2.75, 3.05) is 7.05 Å². The molecule has 0 amide bonds. The van der Waals surface area contributed by atoms with Gasteiger partial charge < -0.3 is 9.64 Å². The largest absolute Gasteiger partial charge is 0.474 e. The van der Waals surface area contributed by atoms with Gasteiger partial charge in [0.15, 0.2) is 12.0 Å². The lowest BCUT2D eigenvalue weighted by Gasteiger charge is -2.45. The molecule has 0 saturated heterocycles. The van der Waals surface area contributed by atoms with E-state index in [-0.39, 0.29) is 23.3 Å². The van der Waals surface area contributed by atoms with Crippen molar-refractivity contribution in [1.82, 2.24) is 4.90 Å². The zero-order valence-corrected chi connectivity index (χ0v) is 11.6. The van der Waals surface area contributed by atoms with Crippen molar-refractivity contribution < 1.29 is 9.53 Å². The van der Waals surface area contributed by atoms with Crippen LogP contribution in [-0.2, 0) is 9.53 Å². The highest BCUT2D eigenvalue weighted by molar-refractivity contribution is 5.98. The number of Topliss-reactive ketones (excluding diaryl/α,β-unsaturated/α-hetero) is 1. The second kappa shape index (κ2) is 3.86. The smallest absolute Gasteiger partial charge is 0.173 e. The van der Waals surface area contributed by atoms with E-state index >= 15 is 0 Å². The van der Waals surface area contributed by atoms with Crippen LogP contribution in [0, 0.1) is 22.7 Å². The Bertz CT molecular complexity index is 551. The lowest BCUT2D eigenvalue weighted by Crippen LogP contribution is -2.45. The fraction of sp³-hybridized carbons (Fsp3) is 0.600. The molecule has 0 aromatic carbocycles. The second-order valence-corrected chi connectivity index (χ2v) is 6.47. The Morgan fingerprint density at radius 2 is 2.21 bits per heavy atom. The summed E-state index contributed by atoms with van der Waals surface area (Å²) in [5.74, 6) is 1.10. The third-order valence-corrected chi connectivity index (χ3v) is 4.27. The molecule has 0 fully saturated rings. The molecule has 0 N–H and O–H groups in total. The molecule has 2 aliphatic heterocycles. The second-order valence-electron chi connectivity index (χ2n) is 6.47. The normalized spacial score (nSPS) is 32.2. The molecule has 0 radical (unpaired) electrons. The lowest BCUT2D eigenvalue weighted by atomic mass is 9.71. The number of ketones is 1. The van der Waals surface area contributed by atoms with Gasteiger partial charge in [-0.25, -0.2) is 0 Å². The number of nitrogens with zero attached hydrogens (tertiary/aromatic N) is 2. The number of nitriles is 1. The van der Waals surface area contributed by atoms with Crippen molar-refractivity contribution in [3.8, 4) is 6.07 Å². The number of fused-ring (bicyclic) bond motifs is 3. The molecule has 4 nitrogen and oxygen atoms in total. The molecule has 0 spiro atoms. The van der Waals surface area contributed by atoms with E-state index in [4.69, 9.17) is 10.00 Å². The van der Waals surface area contributed by atoms with Crippen LogP contribution in [-0.4, -0.2) is 24.0 Å². The van der Waals surface area contributed by atoms with E-state index in [9.17, 15) is 4.79 Å². The summed E-state index contributed by atoms with van der Waals surface area (Å²) in [7, 11) is 1.87.